The second-order valence-corrected chi connectivity index (χ2v) is 2.60. The summed E-state index contributed by atoms with van der Waals surface area (Å²) in [5, 5.41) is 17.9. The average molecular weight is 141 g/mol. The van der Waals surface area contributed by atoms with E-state index in [1.165, 1.54) is 0 Å². The molecule has 0 bridgehead atoms. The molecule has 0 saturated carbocycles. The highest BCUT2D eigenvalue weighted by molar-refractivity contribution is 4.98. The van der Waals surface area contributed by atoms with Gasteiger partial charge in [-0.2, -0.15) is 5.26 Å². The summed E-state index contributed by atoms with van der Waals surface area (Å²) >= 11 is 0. The van der Waals surface area contributed by atoms with Crippen molar-refractivity contribution in [1.29, 1.82) is 5.26 Å². The maximum atomic E-state index is 9.40. The molecule has 2 heteroatoms. The Balaban J connectivity index is 3.72. The molecule has 0 rings (SSSR count). The Hall–Kier alpha value is -0.550. The molecule has 0 aliphatic rings. The predicted molar refractivity (Wildman–Crippen MR) is 40.4 cm³/mol. The summed E-state index contributed by atoms with van der Waals surface area (Å²) in [4.78, 5) is 0. The summed E-state index contributed by atoms with van der Waals surface area (Å²) in [7, 11) is 0. The van der Waals surface area contributed by atoms with Crippen molar-refractivity contribution in [2.24, 2.45) is 0 Å². The lowest BCUT2D eigenvalue weighted by molar-refractivity contribution is 0.0828. The molecule has 0 radical (unpaired) electrons. The van der Waals surface area contributed by atoms with Crippen LogP contribution in [0, 0.1) is 11.3 Å². The normalized spacial score (nSPS) is 15.8. The lowest BCUT2D eigenvalue weighted by Crippen LogP contribution is -2.24. The number of hydrogen-bond acceptors (Lipinski definition) is 2. The van der Waals surface area contributed by atoms with E-state index in [1.807, 2.05) is 19.9 Å². The van der Waals surface area contributed by atoms with Crippen molar-refractivity contribution in [3.63, 3.8) is 0 Å². The van der Waals surface area contributed by atoms with E-state index < -0.39 is 5.60 Å². The van der Waals surface area contributed by atoms with Gasteiger partial charge in [0.05, 0.1) is 6.07 Å². The Bertz CT molecular complexity index is 128. The van der Waals surface area contributed by atoms with Gasteiger partial charge in [0.1, 0.15) is 0 Å². The molecular weight excluding hydrogens is 126 g/mol. The first-order chi connectivity index (χ1) is 4.68. The van der Waals surface area contributed by atoms with Gasteiger partial charge in [-0.05, 0) is 19.3 Å². The highest BCUT2D eigenvalue weighted by Gasteiger charge is 2.22. The van der Waals surface area contributed by atoms with Crippen LogP contribution in [-0.4, -0.2) is 10.7 Å². The van der Waals surface area contributed by atoms with Gasteiger partial charge in [-0.25, -0.2) is 0 Å². The number of nitriles is 1. The van der Waals surface area contributed by atoms with Crippen LogP contribution in [0.1, 0.15) is 39.5 Å². The molecule has 0 unspecified atom stereocenters. The van der Waals surface area contributed by atoms with Crippen molar-refractivity contribution >= 4 is 0 Å². The minimum atomic E-state index is -1.06. The topological polar surface area (TPSA) is 44.0 Å². The number of aliphatic hydroxyl groups is 1. The summed E-state index contributed by atoms with van der Waals surface area (Å²) in [6.45, 7) is 3.88. The molecule has 0 saturated heterocycles. The molecular formula is C8H15NO. The smallest absolute Gasteiger partial charge is 0.150 e. The van der Waals surface area contributed by atoms with E-state index in [2.05, 4.69) is 0 Å². The molecule has 0 aromatic heterocycles. The molecule has 0 aliphatic carbocycles. The Labute approximate surface area is 62.5 Å². The van der Waals surface area contributed by atoms with Crippen LogP contribution in [0.3, 0.4) is 0 Å². The third kappa shape index (κ3) is 2.84. The van der Waals surface area contributed by atoms with Crippen molar-refractivity contribution in [2.75, 3.05) is 0 Å². The van der Waals surface area contributed by atoms with Crippen molar-refractivity contribution in [2.45, 2.75) is 45.1 Å². The van der Waals surface area contributed by atoms with Gasteiger partial charge in [0, 0.05) is 0 Å². The zero-order chi connectivity index (χ0) is 8.04. The van der Waals surface area contributed by atoms with E-state index in [-0.39, 0.29) is 0 Å². The van der Waals surface area contributed by atoms with Gasteiger partial charge >= 0.3 is 0 Å². The molecule has 1 N–H and O–H groups in total. The molecule has 0 heterocycles. The second-order valence-electron chi connectivity index (χ2n) is 2.60. The number of hydrogen-bond donors (Lipinski definition) is 1. The van der Waals surface area contributed by atoms with Crippen LogP contribution in [0.25, 0.3) is 0 Å². The van der Waals surface area contributed by atoms with Crippen molar-refractivity contribution in [3.05, 3.63) is 0 Å². The first kappa shape index (κ1) is 9.45. The van der Waals surface area contributed by atoms with Crippen molar-refractivity contribution < 1.29 is 5.11 Å². The molecule has 0 aliphatic heterocycles. The first-order valence-corrected chi connectivity index (χ1v) is 3.82. The van der Waals surface area contributed by atoms with Gasteiger partial charge in [0.2, 0.25) is 0 Å². The molecule has 2 nitrogen and oxygen atoms in total. The molecule has 0 fully saturated rings. The summed E-state index contributed by atoms with van der Waals surface area (Å²) in [6, 6.07) is 1.92. The Kier molecular flexibility index (Phi) is 4.06. The van der Waals surface area contributed by atoms with E-state index in [4.69, 9.17) is 5.26 Å². The van der Waals surface area contributed by atoms with E-state index in [1.54, 1.807) is 0 Å². The molecule has 0 aromatic carbocycles. The third-order valence-electron chi connectivity index (χ3n) is 1.74. The summed E-state index contributed by atoms with van der Waals surface area (Å²) in [6.07, 6.45) is 3.10. The van der Waals surface area contributed by atoms with Crippen LogP contribution < -0.4 is 0 Å². The molecule has 0 aromatic rings. The fourth-order valence-corrected chi connectivity index (χ4v) is 0.781. The van der Waals surface area contributed by atoms with Crippen LogP contribution in [0.5, 0.6) is 0 Å². The van der Waals surface area contributed by atoms with E-state index in [9.17, 15) is 5.11 Å². The molecule has 58 valence electrons. The van der Waals surface area contributed by atoms with Crippen LogP contribution in [0.15, 0.2) is 0 Å². The number of nitrogens with zero attached hydrogens (tertiary/aromatic N) is 1. The fraction of sp³-hybridized carbons (Fsp3) is 0.875. The molecule has 0 spiro atoms. The lowest BCUT2D eigenvalue weighted by atomic mass is 9.96. The van der Waals surface area contributed by atoms with Gasteiger partial charge in [0.25, 0.3) is 0 Å². The average Bonchev–Trinajstić information content (AvgIpc) is 2.00. The van der Waals surface area contributed by atoms with Crippen molar-refractivity contribution in [1.82, 2.24) is 0 Å². The monoisotopic (exact) mass is 141 g/mol. The van der Waals surface area contributed by atoms with Gasteiger partial charge in [-0.1, -0.05) is 20.3 Å². The number of rotatable bonds is 4. The SMILES string of the molecule is CCCC[C@](O)(C#N)CC. The molecule has 1 atom stereocenters. The molecule has 0 amide bonds. The zero-order valence-electron chi connectivity index (χ0n) is 6.72. The van der Waals surface area contributed by atoms with E-state index in [0.717, 1.165) is 12.8 Å². The van der Waals surface area contributed by atoms with Crippen LogP contribution in [0.2, 0.25) is 0 Å². The minimum Gasteiger partial charge on any atom is -0.375 e. The lowest BCUT2D eigenvalue weighted by Gasteiger charge is -2.16. The van der Waals surface area contributed by atoms with Gasteiger partial charge < -0.3 is 5.11 Å². The van der Waals surface area contributed by atoms with Crippen molar-refractivity contribution in [3.8, 4) is 6.07 Å². The second kappa shape index (κ2) is 4.29. The van der Waals surface area contributed by atoms with Crippen LogP contribution >= 0.6 is 0 Å². The van der Waals surface area contributed by atoms with E-state index in [0.29, 0.717) is 12.8 Å². The fourth-order valence-electron chi connectivity index (χ4n) is 0.781. The van der Waals surface area contributed by atoms with Gasteiger partial charge in [-0.3, -0.25) is 0 Å². The predicted octanol–water partition coefficient (Wildman–Crippen LogP) is 1.84. The van der Waals surface area contributed by atoms with Gasteiger partial charge in [-0.15, -0.1) is 0 Å². The first-order valence-electron chi connectivity index (χ1n) is 3.82. The quantitative estimate of drug-likeness (QED) is 0.607. The third-order valence-corrected chi connectivity index (χ3v) is 1.74. The van der Waals surface area contributed by atoms with Crippen LogP contribution in [0.4, 0.5) is 0 Å². The maximum Gasteiger partial charge on any atom is 0.150 e. The number of unbranched alkanes of at least 4 members (excludes halogenated alkanes) is 1. The summed E-state index contributed by atoms with van der Waals surface area (Å²) < 4.78 is 0. The van der Waals surface area contributed by atoms with Crippen LogP contribution in [-0.2, 0) is 0 Å². The molecule has 10 heavy (non-hydrogen) atoms. The largest absolute Gasteiger partial charge is 0.375 e. The minimum absolute atomic E-state index is 0.531. The standard InChI is InChI=1S/C8H15NO/c1-3-5-6-8(10,4-2)7-9/h10H,3-6H2,1-2H3/t8-/m0/s1. The summed E-state index contributed by atoms with van der Waals surface area (Å²) in [5.41, 5.74) is -1.06. The Morgan fingerprint density at radius 3 is 2.40 bits per heavy atom. The highest BCUT2D eigenvalue weighted by atomic mass is 16.3. The van der Waals surface area contributed by atoms with Gasteiger partial charge in [0.15, 0.2) is 5.60 Å². The highest BCUT2D eigenvalue weighted by Crippen LogP contribution is 2.16. The maximum absolute atomic E-state index is 9.40. The van der Waals surface area contributed by atoms with E-state index >= 15 is 0 Å². The summed E-state index contributed by atoms with van der Waals surface area (Å²) in [5.74, 6) is 0. The zero-order valence-corrected chi connectivity index (χ0v) is 6.72. The Morgan fingerprint density at radius 1 is 1.50 bits per heavy atom. The Morgan fingerprint density at radius 2 is 2.10 bits per heavy atom.